The van der Waals surface area contributed by atoms with Gasteiger partial charge in [-0.25, -0.2) is 0 Å². The van der Waals surface area contributed by atoms with E-state index in [4.69, 9.17) is 4.74 Å². The Morgan fingerprint density at radius 2 is 1.67 bits per heavy atom. The molecule has 0 spiro atoms. The van der Waals surface area contributed by atoms with Gasteiger partial charge in [0.15, 0.2) is 0 Å². The van der Waals surface area contributed by atoms with E-state index in [-0.39, 0.29) is 28.8 Å². The molecule has 212 valence electrons. The van der Waals surface area contributed by atoms with Crippen LogP contribution in [-0.2, 0) is 16.7 Å². The Labute approximate surface area is 234 Å². The number of carbonyl (C=O) groups is 2. The number of nitrogens with zero attached hydrogens (tertiary/aromatic N) is 1. The second kappa shape index (κ2) is 11.1. The van der Waals surface area contributed by atoms with Crippen molar-refractivity contribution in [3.8, 4) is 11.3 Å². The standard InChI is InChI=1S/C33H47N3O3/c1-22-28(31(38)34-27-11-15-39-16-12-27)20-29(36(22)21-23-9-7-6-8-10-23)24-17-25(30(37)35-32(2,3)4)19-26(18-24)33(5)13-14-33/h17-20,23,27H,6-16,21H2,1-5H3,(H,34,38)(H,35,37). The lowest BCUT2D eigenvalue weighted by Gasteiger charge is -2.25. The fourth-order valence-corrected chi connectivity index (χ4v) is 6.23. The van der Waals surface area contributed by atoms with Crippen LogP contribution >= 0.6 is 0 Å². The Morgan fingerprint density at radius 3 is 2.31 bits per heavy atom. The zero-order chi connectivity index (χ0) is 27.8. The first-order valence-corrected chi connectivity index (χ1v) is 15.1. The number of ether oxygens (including phenoxy) is 1. The quantitative estimate of drug-likeness (QED) is 0.425. The fourth-order valence-electron chi connectivity index (χ4n) is 6.23. The molecule has 0 bridgehead atoms. The molecule has 6 heteroatoms. The summed E-state index contributed by atoms with van der Waals surface area (Å²) in [6.07, 6.45) is 10.3. The summed E-state index contributed by atoms with van der Waals surface area (Å²) >= 11 is 0. The van der Waals surface area contributed by atoms with Crippen LogP contribution < -0.4 is 10.6 Å². The third kappa shape index (κ3) is 6.59. The highest BCUT2D eigenvalue weighted by Crippen LogP contribution is 2.48. The highest BCUT2D eigenvalue weighted by atomic mass is 16.5. The van der Waals surface area contributed by atoms with Crippen LogP contribution in [0.1, 0.15) is 117 Å². The molecule has 6 nitrogen and oxygen atoms in total. The average Bonchev–Trinajstić information content (AvgIpc) is 3.58. The normalized spacial score (nSPS) is 20.0. The predicted octanol–water partition coefficient (Wildman–Crippen LogP) is 6.53. The van der Waals surface area contributed by atoms with Gasteiger partial charge in [-0.2, -0.15) is 0 Å². The van der Waals surface area contributed by atoms with Crippen LogP contribution in [-0.4, -0.2) is 41.2 Å². The molecule has 1 aromatic carbocycles. The molecule has 0 unspecified atom stereocenters. The number of aromatic nitrogens is 1. The van der Waals surface area contributed by atoms with E-state index in [0.717, 1.165) is 54.7 Å². The van der Waals surface area contributed by atoms with E-state index in [9.17, 15) is 9.59 Å². The molecule has 1 aliphatic heterocycles. The molecule has 1 aromatic heterocycles. The minimum atomic E-state index is -0.316. The van der Waals surface area contributed by atoms with Gasteiger partial charge in [0.05, 0.1) is 5.56 Å². The molecule has 0 radical (unpaired) electrons. The van der Waals surface area contributed by atoms with Gasteiger partial charge in [-0.3, -0.25) is 9.59 Å². The Morgan fingerprint density at radius 1 is 0.974 bits per heavy atom. The van der Waals surface area contributed by atoms with Crippen LogP contribution in [0.3, 0.4) is 0 Å². The smallest absolute Gasteiger partial charge is 0.253 e. The minimum Gasteiger partial charge on any atom is -0.381 e. The second-order valence-electron chi connectivity index (χ2n) is 13.6. The van der Waals surface area contributed by atoms with Gasteiger partial charge in [0, 0.05) is 48.3 Å². The number of carbonyl (C=O) groups excluding carboxylic acids is 2. The van der Waals surface area contributed by atoms with Gasteiger partial charge in [-0.1, -0.05) is 26.2 Å². The largest absolute Gasteiger partial charge is 0.381 e. The molecule has 2 amide bonds. The van der Waals surface area contributed by atoms with Crippen LogP contribution in [0.2, 0.25) is 0 Å². The van der Waals surface area contributed by atoms with Crippen molar-refractivity contribution in [1.29, 1.82) is 0 Å². The average molecular weight is 534 g/mol. The Kier molecular flexibility index (Phi) is 7.96. The van der Waals surface area contributed by atoms with Crippen molar-refractivity contribution in [2.24, 2.45) is 5.92 Å². The van der Waals surface area contributed by atoms with E-state index in [1.807, 2.05) is 26.8 Å². The first-order valence-electron chi connectivity index (χ1n) is 15.1. The van der Waals surface area contributed by atoms with Gasteiger partial charge >= 0.3 is 0 Å². The minimum absolute atomic E-state index is 0.000877. The molecule has 3 aliphatic rings. The van der Waals surface area contributed by atoms with Crippen LogP contribution in [0.4, 0.5) is 0 Å². The van der Waals surface area contributed by atoms with Crippen LogP contribution in [0, 0.1) is 12.8 Å². The molecular weight excluding hydrogens is 486 g/mol. The Bertz CT molecular complexity index is 1210. The summed E-state index contributed by atoms with van der Waals surface area (Å²) < 4.78 is 7.86. The second-order valence-corrected chi connectivity index (χ2v) is 13.6. The van der Waals surface area contributed by atoms with E-state index in [1.165, 1.54) is 37.7 Å². The fraction of sp³-hybridized carbons (Fsp3) is 0.636. The molecule has 2 aromatic rings. The number of hydrogen-bond donors (Lipinski definition) is 2. The molecule has 5 rings (SSSR count). The van der Waals surface area contributed by atoms with Gasteiger partial charge in [0.2, 0.25) is 0 Å². The lowest BCUT2D eigenvalue weighted by molar-refractivity contribution is 0.0696. The van der Waals surface area contributed by atoms with Gasteiger partial charge in [-0.15, -0.1) is 0 Å². The van der Waals surface area contributed by atoms with Crippen molar-refractivity contribution >= 4 is 11.8 Å². The number of benzene rings is 1. The molecule has 2 N–H and O–H groups in total. The Balaban J connectivity index is 1.55. The summed E-state index contributed by atoms with van der Waals surface area (Å²) in [7, 11) is 0. The first-order chi connectivity index (χ1) is 18.5. The molecule has 1 saturated heterocycles. The zero-order valence-electron chi connectivity index (χ0n) is 24.6. The van der Waals surface area contributed by atoms with Gasteiger partial charge in [-0.05, 0) is 113 Å². The van der Waals surface area contributed by atoms with E-state index < -0.39 is 0 Å². The highest BCUT2D eigenvalue weighted by molar-refractivity contribution is 5.98. The maximum Gasteiger partial charge on any atom is 0.253 e. The van der Waals surface area contributed by atoms with Crippen molar-refractivity contribution < 1.29 is 14.3 Å². The zero-order valence-corrected chi connectivity index (χ0v) is 24.6. The first kappa shape index (κ1) is 27.9. The van der Waals surface area contributed by atoms with E-state index in [2.05, 4.69) is 47.2 Å². The monoisotopic (exact) mass is 533 g/mol. The topological polar surface area (TPSA) is 72.4 Å². The third-order valence-corrected chi connectivity index (χ3v) is 9.01. The van der Waals surface area contributed by atoms with E-state index in [0.29, 0.717) is 24.7 Å². The van der Waals surface area contributed by atoms with Gasteiger partial charge in [0.1, 0.15) is 0 Å². The van der Waals surface area contributed by atoms with E-state index >= 15 is 0 Å². The lowest BCUT2D eigenvalue weighted by atomic mass is 9.89. The van der Waals surface area contributed by atoms with Crippen molar-refractivity contribution in [2.45, 2.75) is 116 Å². The molecule has 3 fully saturated rings. The summed E-state index contributed by atoms with van der Waals surface area (Å²) in [6, 6.07) is 8.61. The summed E-state index contributed by atoms with van der Waals surface area (Å²) in [5.41, 5.74) is 5.56. The van der Waals surface area contributed by atoms with Crippen molar-refractivity contribution in [3.63, 3.8) is 0 Å². The van der Waals surface area contributed by atoms with E-state index in [1.54, 1.807) is 0 Å². The molecule has 0 atom stereocenters. The highest BCUT2D eigenvalue weighted by Gasteiger charge is 2.40. The number of rotatable bonds is 7. The predicted molar refractivity (Wildman–Crippen MR) is 156 cm³/mol. The molecule has 39 heavy (non-hydrogen) atoms. The lowest BCUT2D eigenvalue weighted by Crippen LogP contribution is -2.40. The van der Waals surface area contributed by atoms with Crippen LogP contribution in [0.5, 0.6) is 0 Å². The molecular formula is C33H47N3O3. The van der Waals surface area contributed by atoms with Gasteiger partial charge < -0.3 is 19.9 Å². The van der Waals surface area contributed by atoms with Crippen LogP contribution in [0.15, 0.2) is 24.3 Å². The maximum atomic E-state index is 13.6. The van der Waals surface area contributed by atoms with Gasteiger partial charge in [0.25, 0.3) is 11.8 Å². The maximum absolute atomic E-state index is 13.6. The van der Waals surface area contributed by atoms with Crippen molar-refractivity contribution in [1.82, 2.24) is 15.2 Å². The molecule has 2 aliphatic carbocycles. The number of nitrogens with one attached hydrogen (secondary N) is 2. The number of hydrogen-bond acceptors (Lipinski definition) is 3. The Hall–Kier alpha value is -2.60. The van der Waals surface area contributed by atoms with Crippen molar-refractivity contribution in [2.75, 3.05) is 13.2 Å². The SMILES string of the molecule is Cc1c(C(=O)NC2CCOCC2)cc(-c2cc(C(=O)NC(C)(C)C)cc(C3(C)CC3)c2)n1CC1CCCCC1. The molecule has 2 saturated carbocycles. The van der Waals surface area contributed by atoms with Crippen molar-refractivity contribution in [3.05, 3.63) is 46.6 Å². The molecule has 2 heterocycles. The summed E-state index contributed by atoms with van der Waals surface area (Å²) in [6.45, 7) is 12.7. The summed E-state index contributed by atoms with van der Waals surface area (Å²) in [4.78, 5) is 26.9. The third-order valence-electron chi connectivity index (χ3n) is 9.01. The summed E-state index contributed by atoms with van der Waals surface area (Å²) in [5, 5.41) is 6.43. The summed E-state index contributed by atoms with van der Waals surface area (Å²) in [5.74, 6) is 0.566. The number of amides is 2. The van der Waals surface area contributed by atoms with Crippen LogP contribution in [0.25, 0.3) is 11.3 Å².